The standard InChI is InChI=1S/C22H17Cl2N5O3S3/c1-13-6-2-3-8-15(13)12-35(31,32)21-25-10-17(24)18(26-21)19(30)27-20-28-29-22(34-20)33-11-14-7-4-5-9-16(14)23/h2-10H,11-12H2,1H3,(H,27,28,30). The number of benzene rings is 2. The first-order valence-corrected chi connectivity index (χ1v) is 14.2. The van der Waals surface area contributed by atoms with Gasteiger partial charge in [0.05, 0.1) is 17.0 Å². The number of anilines is 1. The maximum Gasteiger partial charge on any atom is 0.277 e. The molecule has 0 atom stereocenters. The summed E-state index contributed by atoms with van der Waals surface area (Å²) in [6.45, 7) is 1.81. The zero-order valence-corrected chi connectivity index (χ0v) is 22.1. The van der Waals surface area contributed by atoms with Crippen molar-refractivity contribution in [3.63, 3.8) is 0 Å². The fraction of sp³-hybridized carbons (Fsp3) is 0.136. The number of carbonyl (C=O) groups excluding carboxylic acids is 1. The number of thioether (sulfide) groups is 1. The van der Waals surface area contributed by atoms with Crippen molar-refractivity contribution >= 4 is 67.2 Å². The van der Waals surface area contributed by atoms with Gasteiger partial charge in [0.15, 0.2) is 10.0 Å². The van der Waals surface area contributed by atoms with Crippen LogP contribution in [0.3, 0.4) is 0 Å². The summed E-state index contributed by atoms with van der Waals surface area (Å²) >= 11 is 14.9. The van der Waals surface area contributed by atoms with Gasteiger partial charge < -0.3 is 0 Å². The van der Waals surface area contributed by atoms with Gasteiger partial charge in [-0.25, -0.2) is 18.4 Å². The van der Waals surface area contributed by atoms with Crippen LogP contribution < -0.4 is 5.32 Å². The molecule has 8 nitrogen and oxygen atoms in total. The lowest BCUT2D eigenvalue weighted by Gasteiger charge is -2.08. The predicted molar refractivity (Wildman–Crippen MR) is 138 cm³/mol. The summed E-state index contributed by atoms with van der Waals surface area (Å²) in [4.78, 5) is 20.6. The van der Waals surface area contributed by atoms with Gasteiger partial charge in [-0.1, -0.05) is 88.8 Å². The fourth-order valence-electron chi connectivity index (χ4n) is 2.93. The van der Waals surface area contributed by atoms with Crippen molar-refractivity contribution in [2.24, 2.45) is 0 Å². The molecule has 180 valence electrons. The average molecular weight is 567 g/mol. The number of aryl methyl sites for hydroxylation is 1. The molecule has 2 heterocycles. The SMILES string of the molecule is Cc1ccccc1CS(=O)(=O)c1ncc(Cl)c(C(=O)Nc2nnc(SCc3ccccc3Cl)s2)n1. The third-order valence-electron chi connectivity index (χ3n) is 4.76. The van der Waals surface area contributed by atoms with Gasteiger partial charge >= 0.3 is 0 Å². The van der Waals surface area contributed by atoms with E-state index < -0.39 is 20.9 Å². The summed E-state index contributed by atoms with van der Waals surface area (Å²) in [5, 5.41) is 10.9. The van der Waals surface area contributed by atoms with E-state index in [1.807, 2.05) is 43.3 Å². The van der Waals surface area contributed by atoms with E-state index in [4.69, 9.17) is 23.2 Å². The molecule has 1 amide bonds. The van der Waals surface area contributed by atoms with Crippen LogP contribution in [-0.2, 0) is 21.3 Å². The number of aromatic nitrogens is 4. The summed E-state index contributed by atoms with van der Waals surface area (Å²) in [6.07, 6.45) is 1.10. The fourth-order valence-corrected chi connectivity index (χ4v) is 6.45. The van der Waals surface area contributed by atoms with E-state index in [1.165, 1.54) is 11.8 Å². The quantitative estimate of drug-likeness (QED) is 0.170. The molecular formula is C22H17Cl2N5O3S3. The molecule has 0 aliphatic heterocycles. The van der Waals surface area contributed by atoms with Crippen molar-refractivity contribution in [1.29, 1.82) is 0 Å². The van der Waals surface area contributed by atoms with E-state index in [0.29, 0.717) is 20.7 Å². The first-order chi connectivity index (χ1) is 16.7. The normalized spacial score (nSPS) is 11.4. The second-order valence-corrected chi connectivity index (χ2v) is 12.1. The number of nitrogens with zero attached hydrogens (tertiary/aromatic N) is 4. The molecule has 4 aromatic rings. The molecular weight excluding hydrogens is 549 g/mol. The van der Waals surface area contributed by atoms with Gasteiger partial charge in [-0.15, -0.1) is 10.2 Å². The Labute approximate surface area is 220 Å². The Morgan fingerprint density at radius 2 is 1.74 bits per heavy atom. The molecule has 0 aliphatic carbocycles. The Bertz CT molecular complexity index is 1500. The molecule has 0 fully saturated rings. The van der Waals surface area contributed by atoms with Crippen molar-refractivity contribution in [2.45, 2.75) is 27.9 Å². The van der Waals surface area contributed by atoms with Crippen LogP contribution in [0.5, 0.6) is 0 Å². The Morgan fingerprint density at radius 3 is 2.49 bits per heavy atom. The van der Waals surface area contributed by atoms with Crippen LogP contribution >= 0.6 is 46.3 Å². The molecule has 35 heavy (non-hydrogen) atoms. The van der Waals surface area contributed by atoms with E-state index in [2.05, 4.69) is 25.5 Å². The van der Waals surface area contributed by atoms with Gasteiger partial charge in [0.1, 0.15) is 0 Å². The summed E-state index contributed by atoms with van der Waals surface area (Å²) in [5.74, 6) is -0.434. The van der Waals surface area contributed by atoms with Crippen molar-refractivity contribution in [3.05, 3.63) is 87.2 Å². The van der Waals surface area contributed by atoms with Crippen molar-refractivity contribution < 1.29 is 13.2 Å². The van der Waals surface area contributed by atoms with Gasteiger partial charge in [-0.3, -0.25) is 10.1 Å². The number of nitrogens with one attached hydrogen (secondary N) is 1. The van der Waals surface area contributed by atoms with E-state index in [-0.39, 0.29) is 21.6 Å². The minimum atomic E-state index is -3.91. The molecule has 0 unspecified atom stereocenters. The van der Waals surface area contributed by atoms with Gasteiger partial charge in [-0.2, -0.15) is 0 Å². The van der Waals surface area contributed by atoms with E-state index in [0.717, 1.165) is 28.7 Å². The number of halogens is 2. The molecule has 0 aliphatic rings. The number of amides is 1. The zero-order valence-electron chi connectivity index (χ0n) is 18.1. The lowest BCUT2D eigenvalue weighted by atomic mass is 10.1. The van der Waals surface area contributed by atoms with Crippen molar-refractivity contribution in [3.8, 4) is 0 Å². The lowest BCUT2D eigenvalue weighted by Crippen LogP contribution is -2.18. The molecule has 13 heteroatoms. The molecule has 2 aromatic heterocycles. The minimum absolute atomic E-state index is 0.0878. The Kier molecular flexibility index (Phi) is 8.02. The van der Waals surface area contributed by atoms with E-state index in [1.54, 1.807) is 12.1 Å². The maximum atomic E-state index is 12.9. The molecule has 0 spiro atoms. The second-order valence-electron chi connectivity index (χ2n) is 7.24. The van der Waals surface area contributed by atoms with Gasteiger partial charge in [0.2, 0.25) is 20.1 Å². The smallest absolute Gasteiger partial charge is 0.277 e. The second kappa shape index (κ2) is 11.0. The number of hydrogen-bond donors (Lipinski definition) is 1. The van der Waals surface area contributed by atoms with Gasteiger partial charge in [-0.05, 0) is 29.7 Å². The zero-order chi connectivity index (χ0) is 25.0. The Hall–Kier alpha value is -2.57. The highest BCUT2D eigenvalue weighted by Crippen LogP contribution is 2.31. The van der Waals surface area contributed by atoms with Gasteiger partial charge in [0, 0.05) is 10.8 Å². The molecule has 0 saturated carbocycles. The highest BCUT2D eigenvalue weighted by molar-refractivity contribution is 8.00. The van der Waals surface area contributed by atoms with Crippen LogP contribution in [0.1, 0.15) is 27.2 Å². The third-order valence-corrected chi connectivity index (χ3v) is 8.87. The first kappa shape index (κ1) is 25.5. The van der Waals surface area contributed by atoms with Crippen LogP contribution in [0.25, 0.3) is 0 Å². The number of rotatable bonds is 8. The van der Waals surface area contributed by atoms with E-state index in [9.17, 15) is 13.2 Å². The van der Waals surface area contributed by atoms with Crippen molar-refractivity contribution in [1.82, 2.24) is 20.2 Å². The molecule has 0 radical (unpaired) electrons. The highest BCUT2D eigenvalue weighted by atomic mass is 35.5. The summed E-state index contributed by atoms with van der Waals surface area (Å²) < 4.78 is 26.4. The molecule has 2 aromatic carbocycles. The molecule has 1 N–H and O–H groups in total. The number of hydrogen-bond acceptors (Lipinski definition) is 9. The molecule has 0 bridgehead atoms. The largest absolute Gasteiger partial charge is 0.295 e. The Balaban J connectivity index is 1.47. The minimum Gasteiger partial charge on any atom is -0.295 e. The summed E-state index contributed by atoms with van der Waals surface area (Å²) in [7, 11) is -3.91. The topological polar surface area (TPSA) is 115 Å². The maximum absolute atomic E-state index is 12.9. The van der Waals surface area contributed by atoms with Crippen molar-refractivity contribution in [2.75, 3.05) is 5.32 Å². The van der Waals surface area contributed by atoms with Crippen LogP contribution in [0, 0.1) is 6.92 Å². The first-order valence-electron chi connectivity index (χ1n) is 10.0. The van der Waals surface area contributed by atoms with Crippen LogP contribution in [0.2, 0.25) is 10.0 Å². The molecule has 0 saturated heterocycles. The number of carbonyl (C=O) groups is 1. The Morgan fingerprint density at radius 1 is 1.03 bits per heavy atom. The highest BCUT2D eigenvalue weighted by Gasteiger charge is 2.24. The van der Waals surface area contributed by atoms with Crippen LogP contribution in [0.15, 0.2) is 64.2 Å². The summed E-state index contributed by atoms with van der Waals surface area (Å²) in [5.41, 5.74) is 2.12. The monoisotopic (exact) mass is 565 g/mol. The van der Waals surface area contributed by atoms with E-state index >= 15 is 0 Å². The van der Waals surface area contributed by atoms with Crippen LogP contribution in [-0.4, -0.2) is 34.5 Å². The van der Waals surface area contributed by atoms with Gasteiger partial charge in [0.25, 0.3) is 5.91 Å². The predicted octanol–water partition coefficient (Wildman–Crippen LogP) is 5.46. The number of sulfone groups is 1. The summed E-state index contributed by atoms with van der Waals surface area (Å²) in [6, 6.07) is 14.6. The third kappa shape index (κ3) is 6.36. The lowest BCUT2D eigenvalue weighted by molar-refractivity contribution is 0.102. The van der Waals surface area contributed by atoms with Crippen LogP contribution in [0.4, 0.5) is 5.13 Å². The average Bonchev–Trinajstić information content (AvgIpc) is 3.27. The molecule has 4 rings (SSSR count).